The molecule has 0 radical (unpaired) electrons. The zero-order chi connectivity index (χ0) is 6.91. The van der Waals surface area contributed by atoms with E-state index < -0.39 is 13.3 Å². The molecule has 0 saturated carbocycles. The molecule has 2 heteroatoms. The van der Waals surface area contributed by atoms with E-state index in [2.05, 4.69) is 29.0 Å². The fraction of sp³-hybridized carbons (Fsp3) is 1.00. The van der Waals surface area contributed by atoms with Gasteiger partial charge in [0, 0.05) is 0 Å². The second-order valence-corrected chi connectivity index (χ2v) is 17.4. The predicted octanol–water partition coefficient (Wildman–Crippen LogP) is 2.76. The van der Waals surface area contributed by atoms with Crippen LogP contribution in [-0.2, 0) is 0 Å². The van der Waals surface area contributed by atoms with Gasteiger partial charge in [-0.15, -0.1) is 0 Å². The van der Waals surface area contributed by atoms with Gasteiger partial charge in [0.2, 0.25) is 0 Å². The second kappa shape index (κ2) is 2.87. The van der Waals surface area contributed by atoms with Gasteiger partial charge in [0.1, 0.15) is 0 Å². The quantitative estimate of drug-likeness (QED) is 0.593. The molecule has 0 spiro atoms. The van der Waals surface area contributed by atoms with Gasteiger partial charge in [-0.3, -0.25) is 0 Å². The molecule has 1 saturated heterocycles. The van der Waals surface area contributed by atoms with Gasteiger partial charge in [0.05, 0.1) is 0 Å². The summed E-state index contributed by atoms with van der Waals surface area (Å²) < 4.78 is 1.12. The van der Waals surface area contributed by atoms with Crippen LogP contribution < -0.4 is 0 Å². The van der Waals surface area contributed by atoms with E-state index in [1.165, 1.54) is 18.6 Å². The number of hydrogen-bond donors (Lipinski definition) is 0. The van der Waals surface area contributed by atoms with Crippen molar-refractivity contribution in [2.45, 2.75) is 34.2 Å². The van der Waals surface area contributed by atoms with Crippen molar-refractivity contribution in [3.8, 4) is 0 Å². The minimum atomic E-state index is -1.22. The Morgan fingerprint density at radius 1 is 1.33 bits per heavy atom. The van der Waals surface area contributed by atoms with E-state index in [9.17, 15) is 0 Å². The summed E-state index contributed by atoms with van der Waals surface area (Å²) in [7, 11) is 0. The van der Waals surface area contributed by atoms with E-state index in [1.807, 2.05) is 0 Å². The zero-order valence-electron chi connectivity index (χ0n) is 6.61. The first-order valence-corrected chi connectivity index (χ1v) is 12.3. The van der Waals surface area contributed by atoms with Crippen LogP contribution in [0, 0.1) is 0 Å². The minimum absolute atomic E-state index is 1.12. The van der Waals surface area contributed by atoms with E-state index in [-0.39, 0.29) is 0 Å². The Bertz CT molecular complexity index is 89.6. The Hall–Kier alpha value is 0.893. The average molecular weight is 205 g/mol. The molecule has 0 aromatic rings. The van der Waals surface area contributed by atoms with Gasteiger partial charge in [-0.1, -0.05) is 0 Å². The van der Waals surface area contributed by atoms with E-state index in [0.717, 1.165) is 4.08 Å². The predicted molar refractivity (Wildman–Crippen MR) is 48.8 cm³/mol. The van der Waals surface area contributed by atoms with Crippen LogP contribution in [0.15, 0.2) is 0 Å². The molecule has 0 aromatic heterocycles. The maximum atomic E-state index is 2.53. The van der Waals surface area contributed by atoms with Gasteiger partial charge in [-0.2, -0.15) is 0 Å². The Balaban J connectivity index is 2.42. The summed E-state index contributed by atoms with van der Waals surface area (Å²) in [4.78, 5) is 0. The molecule has 0 N–H and O–H groups in total. The summed E-state index contributed by atoms with van der Waals surface area (Å²) in [5, 5.41) is 0. The zero-order valence-corrected chi connectivity index (χ0v) is 9.52. The van der Waals surface area contributed by atoms with Gasteiger partial charge >= 0.3 is 65.0 Å². The van der Waals surface area contributed by atoms with Gasteiger partial charge in [-0.25, -0.2) is 0 Å². The van der Waals surface area contributed by atoms with Crippen LogP contribution in [0.2, 0.25) is 17.3 Å². The summed E-state index contributed by atoms with van der Waals surface area (Å²) in [6, 6.07) is 0. The summed E-state index contributed by atoms with van der Waals surface area (Å²) in [5.74, 6) is 9.03. The molecule has 1 aliphatic heterocycles. The molecule has 0 bridgehead atoms. The fourth-order valence-electron chi connectivity index (χ4n) is 1.26. The van der Waals surface area contributed by atoms with Crippen molar-refractivity contribution < 1.29 is 0 Å². The normalized spacial score (nSPS) is 29.0. The van der Waals surface area contributed by atoms with Crippen LogP contribution in [0.5, 0.6) is 0 Å². The van der Waals surface area contributed by atoms with Crippen molar-refractivity contribution in [2.24, 2.45) is 0 Å². The molecule has 0 aromatic carbocycles. The van der Waals surface area contributed by atoms with Gasteiger partial charge in [0.15, 0.2) is 0 Å². The van der Waals surface area contributed by atoms with Crippen LogP contribution in [0.1, 0.15) is 12.8 Å². The molecule has 0 amide bonds. The van der Waals surface area contributed by atoms with Gasteiger partial charge in [0.25, 0.3) is 0 Å². The van der Waals surface area contributed by atoms with Crippen LogP contribution in [0.25, 0.3) is 0 Å². The van der Waals surface area contributed by atoms with Crippen LogP contribution in [0.3, 0.4) is 0 Å². The third kappa shape index (κ3) is 2.19. The molecule has 1 fully saturated rings. The Morgan fingerprint density at radius 2 is 2.00 bits per heavy atom. The van der Waals surface area contributed by atoms with E-state index >= 15 is 0 Å². The number of rotatable bonds is 1. The van der Waals surface area contributed by atoms with Gasteiger partial charge in [-0.05, 0) is 0 Å². The first-order valence-electron chi connectivity index (χ1n) is 3.72. The number of hydrogen-bond acceptors (Lipinski definition) is 1. The standard InChI is InChI=1S/C7H16GeS/c1-8(2,3)7-5-4-6-9-7/h7H,4-6H2,1-3H3. The van der Waals surface area contributed by atoms with Crippen molar-refractivity contribution in [1.29, 1.82) is 0 Å². The van der Waals surface area contributed by atoms with Crippen LogP contribution in [0.4, 0.5) is 0 Å². The second-order valence-electron chi connectivity index (χ2n) is 3.87. The molecule has 1 atom stereocenters. The summed E-state index contributed by atoms with van der Waals surface area (Å²) in [6.45, 7) is 0. The van der Waals surface area contributed by atoms with Crippen molar-refractivity contribution in [2.75, 3.05) is 5.75 Å². The molecular weight excluding hydrogens is 189 g/mol. The van der Waals surface area contributed by atoms with Crippen molar-refractivity contribution >= 4 is 25.0 Å². The first-order chi connectivity index (χ1) is 4.11. The molecule has 1 unspecified atom stereocenters. The Labute approximate surface area is 65.1 Å². The Morgan fingerprint density at radius 3 is 2.22 bits per heavy atom. The van der Waals surface area contributed by atoms with Crippen molar-refractivity contribution in [3.05, 3.63) is 0 Å². The topological polar surface area (TPSA) is 0 Å². The third-order valence-electron chi connectivity index (χ3n) is 1.90. The molecule has 0 aliphatic carbocycles. The molecule has 9 heavy (non-hydrogen) atoms. The molecule has 1 heterocycles. The van der Waals surface area contributed by atoms with Crippen LogP contribution in [-0.4, -0.2) is 23.1 Å². The number of thioether (sulfide) groups is 1. The van der Waals surface area contributed by atoms with E-state index in [0.29, 0.717) is 0 Å². The molecule has 1 aliphatic rings. The summed E-state index contributed by atoms with van der Waals surface area (Å²) >= 11 is 1.02. The van der Waals surface area contributed by atoms with Crippen molar-refractivity contribution in [1.82, 2.24) is 0 Å². The summed E-state index contributed by atoms with van der Waals surface area (Å²) in [5.41, 5.74) is 0. The van der Waals surface area contributed by atoms with Crippen molar-refractivity contribution in [3.63, 3.8) is 0 Å². The summed E-state index contributed by atoms with van der Waals surface area (Å²) in [6.07, 6.45) is 3.01. The maximum absolute atomic E-state index is 2.53. The fourth-order valence-corrected chi connectivity index (χ4v) is 8.85. The van der Waals surface area contributed by atoms with Gasteiger partial charge < -0.3 is 0 Å². The average Bonchev–Trinajstić information content (AvgIpc) is 2.08. The van der Waals surface area contributed by atoms with E-state index in [4.69, 9.17) is 0 Å². The first kappa shape index (κ1) is 7.99. The molecule has 1 rings (SSSR count). The molecule has 54 valence electrons. The molecule has 0 nitrogen and oxygen atoms in total. The van der Waals surface area contributed by atoms with E-state index in [1.54, 1.807) is 0 Å². The SMILES string of the molecule is [CH3][Ge]([CH3])([CH3])[CH]1CCCS1. The monoisotopic (exact) mass is 206 g/mol. The third-order valence-corrected chi connectivity index (χ3v) is 12.4. The van der Waals surface area contributed by atoms with Crippen LogP contribution >= 0.6 is 11.8 Å². The molecular formula is C7H16GeS. The Kier molecular flexibility index (Phi) is 2.55.